The Balaban J connectivity index is 2.04. The highest BCUT2D eigenvalue weighted by atomic mass is 28.3. The van der Waals surface area contributed by atoms with E-state index < -0.39 is 26.3 Å². The Morgan fingerprint density at radius 2 is 2.03 bits per heavy atom. The molecule has 0 spiro atoms. The molecule has 0 saturated heterocycles. The average Bonchev–Trinajstić information content (AvgIpc) is 3.23. The molecule has 0 aliphatic carbocycles. The number of amides is 3. The molecule has 37 heavy (non-hydrogen) atoms. The van der Waals surface area contributed by atoms with E-state index in [1.165, 1.54) is 7.11 Å². The van der Waals surface area contributed by atoms with E-state index in [2.05, 4.69) is 40.3 Å². The third-order valence-corrected chi connectivity index (χ3v) is 7.91. The van der Waals surface area contributed by atoms with Gasteiger partial charge in [0, 0.05) is 38.0 Å². The zero-order valence-electron chi connectivity index (χ0n) is 22.1. The Bertz CT molecular complexity index is 1130. The normalized spacial score (nSPS) is 18.0. The van der Waals surface area contributed by atoms with Gasteiger partial charge in [-0.05, 0) is 37.1 Å². The summed E-state index contributed by atoms with van der Waals surface area (Å²) < 4.78 is 12.5. The lowest BCUT2D eigenvalue weighted by Crippen LogP contribution is -2.30. The van der Waals surface area contributed by atoms with Gasteiger partial charge in [-0.15, -0.1) is 0 Å². The number of ether oxygens (including phenoxy) is 2. The number of anilines is 2. The number of hydrogen-bond donors (Lipinski definition) is 4. The first-order chi connectivity index (χ1) is 17.5. The molecule has 0 radical (unpaired) electrons. The van der Waals surface area contributed by atoms with Crippen LogP contribution in [0.5, 0.6) is 0 Å². The van der Waals surface area contributed by atoms with Crippen LogP contribution in [0.4, 0.5) is 21.0 Å². The van der Waals surface area contributed by atoms with E-state index in [-0.39, 0.29) is 18.6 Å². The van der Waals surface area contributed by atoms with E-state index in [0.29, 0.717) is 54.3 Å². The van der Waals surface area contributed by atoms with E-state index >= 15 is 0 Å². The van der Waals surface area contributed by atoms with Crippen molar-refractivity contribution in [1.29, 1.82) is 0 Å². The molecule has 1 aliphatic rings. The second-order valence-corrected chi connectivity index (χ2v) is 16.1. The Kier molecular flexibility index (Phi) is 9.32. The number of benzene rings is 1. The van der Waals surface area contributed by atoms with Crippen LogP contribution in [0.25, 0.3) is 11.3 Å². The number of carbonyl (C=O) groups excluding carboxylic acids is 2. The van der Waals surface area contributed by atoms with E-state index in [0.717, 1.165) is 6.04 Å². The molecule has 0 saturated carbocycles. The Morgan fingerprint density at radius 3 is 2.70 bits per heavy atom. The molecular weight excluding hydrogens is 494 g/mol. The second kappa shape index (κ2) is 12.2. The summed E-state index contributed by atoms with van der Waals surface area (Å²) in [4.78, 5) is 41.1. The fraction of sp³-hybridized carbons (Fsp3) is 0.520. The van der Waals surface area contributed by atoms with Gasteiger partial charge in [0.2, 0.25) is 5.91 Å². The summed E-state index contributed by atoms with van der Waals surface area (Å²) in [5.41, 5.74) is 2.11. The van der Waals surface area contributed by atoms with Gasteiger partial charge in [-0.1, -0.05) is 33.0 Å². The maximum absolute atomic E-state index is 13.0. The summed E-state index contributed by atoms with van der Waals surface area (Å²) in [7, 11) is -0.00339. The number of aromatic nitrogens is 2. The van der Waals surface area contributed by atoms with Crippen LogP contribution in [-0.4, -0.2) is 54.5 Å². The predicted molar refractivity (Wildman–Crippen MR) is 143 cm³/mol. The molecule has 2 bridgehead atoms. The lowest BCUT2D eigenvalue weighted by atomic mass is 9.99. The molecule has 2 atom stereocenters. The highest BCUT2D eigenvalue weighted by molar-refractivity contribution is 6.76. The summed E-state index contributed by atoms with van der Waals surface area (Å²) in [6.45, 7) is 9.50. The number of carboxylic acid groups (broad SMARTS) is 1. The monoisotopic (exact) mass is 531 g/mol. The highest BCUT2D eigenvalue weighted by Gasteiger charge is 2.25. The first kappa shape index (κ1) is 28.2. The largest absolute Gasteiger partial charge is 0.465 e. The van der Waals surface area contributed by atoms with Crippen LogP contribution in [0.2, 0.25) is 25.7 Å². The lowest BCUT2D eigenvalue weighted by Gasteiger charge is -2.20. The van der Waals surface area contributed by atoms with Crippen molar-refractivity contribution >= 4 is 37.5 Å². The van der Waals surface area contributed by atoms with Gasteiger partial charge in [0.25, 0.3) is 0 Å². The molecule has 4 N–H and O–H groups in total. The number of carbonyl (C=O) groups is 3. The molecule has 1 aliphatic heterocycles. The van der Waals surface area contributed by atoms with Crippen LogP contribution < -0.4 is 16.0 Å². The van der Waals surface area contributed by atoms with Crippen molar-refractivity contribution in [3.63, 3.8) is 0 Å². The van der Waals surface area contributed by atoms with Crippen LogP contribution in [0.1, 0.15) is 38.1 Å². The minimum atomic E-state index is -1.28. The fourth-order valence-corrected chi connectivity index (χ4v) is 4.79. The smallest absolute Gasteiger partial charge is 0.411 e. The standard InChI is InChI=1S/C25H37N5O6Si/c1-16-7-6-8-19(29-24(32)33)22-27-21(14-30(22)15-36-11-12-37(3,4)5)18-10-9-17(26-25(34)35-2)13-20(18)28-23(16)31/h9-10,13-14,16,19,29H,6-8,11-12,15H2,1-5H3,(H,26,34)(H,28,31)(H,32,33)/t16-,19+/m1/s1. The second-order valence-electron chi connectivity index (χ2n) is 10.5. The molecule has 2 heterocycles. The quantitative estimate of drug-likeness (QED) is 0.287. The van der Waals surface area contributed by atoms with Crippen LogP contribution in [-0.2, 0) is 21.0 Å². The van der Waals surface area contributed by atoms with E-state index in [9.17, 15) is 19.5 Å². The molecule has 3 rings (SSSR count). The van der Waals surface area contributed by atoms with Crippen LogP contribution in [0.15, 0.2) is 24.4 Å². The van der Waals surface area contributed by atoms with Crippen molar-refractivity contribution in [3.05, 3.63) is 30.2 Å². The van der Waals surface area contributed by atoms with Crippen LogP contribution >= 0.6 is 0 Å². The molecule has 11 nitrogen and oxygen atoms in total. The minimum Gasteiger partial charge on any atom is -0.465 e. The zero-order valence-corrected chi connectivity index (χ0v) is 23.1. The summed E-state index contributed by atoms with van der Waals surface area (Å²) >= 11 is 0. The van der Waals surface area contributed by atoms with Gasteiger partial charge in [0.1, 0.15) is 12.6 Å². The van der Waals surface area contributed by atoms with Gasteiger partial charge in [-0.3, -0.25) is 10.1 Å². The summed E-state index contributed by atoms with van der Waals surface area (Å²) in [5.74, 6) is 0.0753. The van der Waals surface area contributed by atoms with Crippen molar-refractivity contribution in [3.8, 4) is 11.3 Å². The SMILES string of the molecule is COC(=O)Nc1ccc2c(c1)NC(=O)[C@H](C)CCC[C@H](NC(=O)O)c1nc-2cn1COCC[Si](C)(C)C. The third-order valence-electron chi connectivity index (χ3n) is 6.21. The van der Waals surface area contributed by atoms with Crippen molar-refractivity contribution in [2.45, 2.75) is 64.6 Å². The molecule has 0 fully saturated rings. The van der Waals surface area contributed by atoms with Gasteiger partial charge < -0.3 is 29.8 Å². The first-order valence-electron chi connectivity index (χ1n) is 12.4. The number of imidazole rings is 1. The van der Waals surface area contributed by atoms with Gasteiger partial charge in [0.05, 0.1) is 24.5 Å². The number of hydrogen-bond acceptors (Lipinski definition) is 6. The van der Waals surface area contributed by atoms with Gasteiger partial charge in [-0.25, -0.2) is 14.6 Å². The van der Waals surface area contributed by atoms with E-state index in [4.69, 9.17) is 9.72 Å². The Labute approximate surface area is 217 Å². The molecule has 2 aromatic rings. The van der Waals surface area contributed by atoms with Gasteiger partial charge in [-0.2, -0.15) is 0 Å². The number of methoxy groups -OCH3 is 1. The van der Waals surface area contributed by atoms with Gasteiger partial charge >= 0.3 is 12.2 Å². The molecular formula is C25H37N5O6Si. The molecule has 12 heteroatoms. The number of nitrogens with zero attached hydrogens (tertiary/aromatic N) is 2. The number of fused-ring (bicyclic) bond motifs is 4. The molecule has 1 aromatic carbocycles. The Hall–Kier alpha value is -3.38. The lowest BCUT2D eigenvalue weighted by molar-refractivity contribution is -0.119. The zero-order chi connectivity index (χ0) is 27.2. The predicted octanol–water partition coefficient (Wildman–Crippen LogP) is 5.11. The molecule has 1 aromatic heterocycles. The summed E-state index contributed by atoms with van der Waals surface area (Å²) in [5, 5.41) is 17.7. The third kappa shape index (κ3) is 8.05. The average molecular weight is 532 g/mol. The minimum absolute atomic E-state index is 0.172. The molecule has 0 unspecified atom stereocenters. The molecule has 202 valence electrons. The van der Waals surface area contributed by atoms with E-state index in [1.807, 2.05) is 11.5 Å². The highest BCUT2D eigenvalue weighted by Crippen LogP contribution is 2.33. The van der Waals surface area contributed by atoms with Gasteiger partial charge in [0.15, 0.2) is 0 Å². The summed E-state index contributed by atoms with van der Waals surface area (Å²) in [6.07, 6.45) is 1.72. The molecule has 3 amide bonds. The van der Waals surface area contributed by atoms with Crippen molar-refractivity contribution < 1.29 is 29.0 Å². The van der Waals surface area contributed by atoms with E-state index in [1.54, 1.807) is 24.4 Å². The van der Waals surface area contributed by atoms with Crippen LogP contribution in [0, 0.1) is 5.92 Å². The summed E-state index contributed by atoms with van der Waals surface area (Å²) in [6, 6.07) is 5.53. The fourth-order valence-electron chi connectivity index (χ4n) is 4.03. The Morgan fingerprint density at radius 1 is 1.27 bits per heavy atom. The topological polar surface area (TPSA) is 144 Å². The van der Waals surface area contributed by atoms with Crippen molar-refractivity contribution in [2.24, 2.45) is 5.92 Å². The maximum Gasteiger partial charge on any atom is 0.411 e. The van der Waals surface area contributed by atoms with Crippen molar-refractivity contribution in [2.75, 3.05) is 24.4 Å². The first-order valence-corrected chi connectivity index (χ1v) is 16.1. The van der Waals surface area contributed by atoms with Crippen molar-refractivity contribution in [1.82, 2.24) is 14.9 Å². The number of rotatable bonds is 7. The van der Waals surface area contributed by atoms with Crippen LogP contribution in [0.3, 0.4) is 0 Å². The maximum atomic E-state index is 13.0. The number of nitrogens with one attached hydrogen (secondary N) is 3.